The van der Waals surface area contributed by atoms with Gasteiger partial charge in [0.25, 0.3) is 11.8 Å². The molecule has 0 atom stereocenters. The quantitative estimate of drug-likeness (QED) is 0.394. The lowest BCUT2D eigenvalue weighted by Gasteiger charge is -2.37. The van der Waals surface area contributed by atoms with Gasteiger partial charge in [0.05, 0.1) is 45.8 Å². The average molecular weight is 505 g/mol. The van der Waals surface area contributed by atoms with Crippen molar-refractivity contribution in [1.29, 1.82) is 0 Å². The van der Waals surface area contributed by atoms with Gasteiger partial charge in [-0.3, -0.25) is 24.2 Å². The number of fused-ring (bicyclic) bond motifs is 2. The van der Waals surface area contributed by atoms with Gasteiger partial charge in [0.15, 0.2) is 0 Å². The van der Waals surface area contributed by atoms with E-state index in [1.165, 1.54) is 10.5 Å². The number of imide groups is 1. The Morgan fingerprint density at radius 3 is 2.34 bits per heavy atom. The van der Waals surface area contributed by atoms with Crippen molar-refractivity contribution in [2.45, 2.75) is 43.6 Å². The third kappa shape index (κ3) is 3.50. The van der Waals surface area contributed by atoms with E-state index in [0.717, 1.165) is 66.8 Å². The molecular weight excluding hydrogens is 476 g/mol. The minimum atomic E-state index is -0.169. The lowest BCUT2D eigenvalue weighted by Crippen LogP contribution is -2.40. The first kappa shape index (κ1) is 22.1. The van der Waals surface area contributed by atoms with E-state index in [4.69, 9.17) is 15.1 Å². The molecule has 0 unspecified atom stereocenters. The van der Waals surface area contributed by atoms with Gasteiger partial charge >= 0.3 is 0 Å². The van der Waals surface area contributed by atoms with Crippen LogP contribution in [0.25, 0.3) is 22.3 Å². The number of carbonyl (C=O) groups is 2. The number of rotatable bonds is 6. The molecule has 38 heavy (non-hydrogen) atoms. The highest BCUT2D eigenvalue weighted by molar-refractivity contribution is 6.21. The summed E-state index contributed by atoms with van der Waals surface area (Å²) in [5.41, 5.74) is 7.30. The Bertz CT molecular complexity index is 1580. The van der Waals surface area contributed by atoms with Gasteiger partial charge in [-0.15, -0.1) is 0 Å². The molecule has 2 aromatic carbocycles. The van der Waals surface area contributed by atoms with Crippen LogP contribution in [-0.2, 0) is 0 Å². The largest absolute Gasteiger partial charge is 0.315 e. The van der Waals surface area contributed by atoms with Crippen molar-refractivity contribution < 1.29 is 9.59 Å². The summed E-state index contributed by atoms with van der Waals surface area (Å²) in [5, 5.41) is 8.36. The first-order valence-electron chi connectivity index (χ1n) is 13.6. The van der Waals surface area contributed by atoms with E-state index in [9.17, 15) is 9.59 Å². The molecule has 4 aliphatic rings. The molecule has 2 aliphatic heterocycles. The van der Waals surface area contributed by atoms with Crippen LogP contribution in [-0.4, -0.2) is 56.1 Å². The normalized spacial score (nSPS) is 23.0. The average Bonchev–Trinajstić information content (AvgIpc) is 3.59. The van der Waals surface area contributed by atoms with Crippen molar-refractivity contribution in [3.63, 3.8) is 0 Å². The molecule has 1 N–H and O–H groups in total. The second-order valence-corrected chi connectivity index (χ2v) is 11.3. The number of aromatic nitrogens is 4. The first-order chi connectivity index (χ1) is 18.6. The van der Waals surface area contributed by atoms with E-state index < -0.39 is 0 Å². The lowest BCUT2D eigenvalue weighted by molar-refractivity contribution is 0.0561. The zero-order chi connectivity index (χ0) is 25.4. The van der Waals surface area contributed by atoms with Crippen molar-refractivity contribution in [2.75, 3.05) is 19.6 Å². The summed E-state index contributed by atoms with van der Waals surface area (Å²) in [6, 6.07) is 13.8. The van der Waals surface area contributed by atoms with Crippen molar-refractivity contribution >= 4 is 22.8 Å². The Labute approximate surface area is 220 Å². The van der Waals surface area contributed by atoms with Crippen molar-refractivity contribution in [3.8, 4) is 11.3 Å². The number of amides is 2. The molecule has 8 rings (SSSR count). The SMILES string of the molecule is O=C1c2ccccc2C(=O)N1CC1CC(n2cc(-c3cnc4cc(C5CNC5)ccc4n3)c(C3CC3)n2)C1. The zero-order valence-electron chi connectivity index (χ0n) is 21.0. The van der Waals surface area contributed by atoms with Gasteiger partial charge in [-0.05, 0) is 61.4 Å². The molecule has 190 valence electrons. The Morgan fingerprint density at radius 2 is 1.66 bits per heavy atom. The number of carbonyl (C=O) groups excluding carboxylic acids is 2. The maximum atomic E-state index is 12.8. The van der Waals surface area contributed by atoms with E-state index in [1.54, 1.807) is 12.1 Å². The first-order valence-corrected chi connectivity index (χ1v) is 13.6. The predicted molar refractivity (Wildman–Crippen MR) is 142 cm³/mol. The van der Waals surface area contributed by atoms with E-state index >= 15 is 0 Å². The maximum absolute atomic E-state index is 12.8. The highest BCUT2D eigenvalue weighted by atomic mass is 16.2. The number of nitrogens with one attached hydrogen (secondary N) is 1. The molecule has 8 heteroatoms. The maximum Gasteiger partial charge on any atom is 0.261 e. The van der Waals surface area contributed by atoms with Crippen LogP contribution in [0, 0.1) is 5.92 Å². The molecule has 0 bridgehead atoms. The van der Waals surface area contributed by atoms with E-state index in [0.29, 0.717) is 35.4 Å². The Hall–Kier alpha value is -3.91. The molecule has 8 nitrogen and oxygen atoms in total. The van der Waals surface area contributed by atoms with Gasteiger partial charge in [0.1, 0.15) is 0 Å². The van der Waals surface area contributed by atoms with Gasteiger partial charge < -0.3 is 5.32 Å². The number of benzene rings is 2. The van der Waals surface area contributed by atoms with Gasteiger partial charge in [0, 0.05) is 43.2 Å². The smallest absolute Gasteiger partial charge is 0.261 e. The molecule has 2 saturated carbocycles. The van der Waals surface area contributed by atoms with E-state index in [1.807, 2.05) is 18.3 Å². The molecular formula is C30H28N6O2. The molecule has 0 radical (unpaired) electrons. The summed E-state index contributed by atoms with van der Waals surface area (Å²) in [7, 11) is 0. The van der Waals surface area contributed by atoms with Gasteiger partial charge in [-0.2, -0.15) is 5.10 Å². The monoisotopic (exact) mass is 504 g/mol. The topological polar surface area (TPSA) is 93.0 Å². The summed E-state index contributed by atoms with van der Waals surface area (Å²) in [6.07, 6.45) is 8.17. The summed E-state index contributed by atoms with van der Waals surface area (Å²) in [5.74, 6) is 1.02. The molecule has 4 heterocycles. The van der Waals surface area contributed by atoms with Crippen molar-refractivity contribution in [1.82, 2.24) is 30.0 Å². The molecule has 1 saturated heterocycles. The summed E-state index contributed by atoms with van der Waals surface area (Å²) < 4.78 is 2.10. The van der Waals surface area contributed by atoms with Crippen LogP contribution < -0.4 is 5.32 Å². The number of hydrogen-bond acceptors (Lipinski definition) is 6. The van der Waals surface area contributed by atoms with Crippen LogP contribution >= 0.6 is 0 Å². The molecule has 0 spiro atoms. The summed E-state index contributed by atoms with van der Waals surface area (Å²) >= 11 is 0. The Morgan fingerprint density at radius 1 is 0.895 bits per heavy atom. The summed E-state index contributed by atoms with van der Waals surface area (Å²) in [4.78, 5) is 36.7. The third-order valence-electron chi connectivity index (χ3n) is 8.72. The predicted octanol–water partition coefficient (Wildman–Crippen LogP) is 4.30. The minimum Gasteiger partial charge on any atom is -0.315 e. The fourth-order valence-corrected chi connectivity index (χ4v) is 6.11. The fraction of sp³-hybridized carbons (Fsp3) is 0.367. The summed E-state index contributed by atoms with van der Waals surface area (Å²) in [6.45, 7) is 2.53. The number of hydrogen-bond donors (Lipinski definition) is 1. The molecule has 2 amide bonds. The highest BCUT2D eigenvalue weighted by Crippen LogP contribution is 2.46. The van der Waals surface area contributed by atoms with Crippen LogP contribution in [0.15, 0.2) is 54.9 Å². The Kier molecular flexibility index (Phi) is 4.83. The van der Waals surface area contributed by atoms with E-state index in [-0.39, 0.29) is 17.9 Å². The molecule has 2 aliphatic carbocycles. The van der Waals surface area contributed by atoms with Gasteiger partial charge in [-0.1, -0.05) is 18.2 Å². The van der Waals surface area contributed by atoms with Crippen LogP contribution in [0.5, 0.6) is 0 Å². The molecule has 3 fully saturated rings. The van der Waals surface area contributed by atoms with Crippen molar-refractivity contribution in [3.05, 3.63) is 77.2 Å². The van der Waals surface area contributed by atoms with Crippen molar-refractivity contribution in [2.24, 2.45) is 5.92 Å². The van der Waals surface area contributed by atoms with Crippen LogP contribution in [0.3, 0.4) is 0 Å². The molecule has 2 aromatic heterocycles. The van der Waals surface area contributed by atoms with Gasteiger partial charge in [0.2, 0.25) is 0 Å². The fourth-order valence-electron chi connectivity index (χ4n) is 6.11. The zero-order valence-corrected chi connectivity index (χ0v) is 21.0. The number of nitrogens with zero attached hydrogens (tertiary/aromatic N) is 5. The van der Waals surface area contributed by atoms with Gasteiger partial charge in [-0.25, -0.2) is 4.98 Å². The van der Waals surface area contributed by atoms with Crippen LogP contribution in [0.1, 0.15) is 75.5 Å². The molecule has 4 aromatic rings. The lowest BCUT2D eigenvalue weighted by atomic mass is 9.80. The third-order valence-corrected chi connectivity index (χ3v) is 8.72. The second-order valence-electron chi connectivity index (χ2n) is 11.3. The van der Waals surface area contributed by atoms with Crippen LogP contribution in [0.2, 0.25) is 0 Å². The highest BCUT2D eigenvalue weighted by Gasteiger charge is 2.41. The van der Waals surface area contributed by atoms with Crippen LogP contribution in [0.4, 0.5) is 0 Å². The minimum absolute atomic E-state index is 0.169. The van der Waals surface area contributed by atoms with E-state index in [2.05, 4.69) is 34.4 Å². The second kappa shape index (κ2) is 8.30. The Balaban J connectivity index is 1.01. The standard InChI is InChI=1S/C30H28N6O2/c37-29-22-3-1-2-4-23(22)30(38)35(29)15-17-9-21(10-17)36-16-24(28(34-36)18-5-6-18)27-14-32-26-11-19(20-12-31-13-20)7-8-25(26)33-27/h1-4,7-8,11,14,16-18,20-21,31H,5-6,9-10,12-13,15H2.